The van der Waals surface area contributed by atoms with Crippen LogP contribution in [0, 0.1) is 0 Å². The molecule has 26 heavy (non-hydrogen) atoms. The van der Waals surface area contributed by atoms with Gasteiger partial charge < -0.3 is 10.2 Å². The predicted molar refractivity (Wildman–Crippen MR) is 104 cm³/mol. The molecule has 2 aromatic rings. The fourth-order valence-electron chi connectivity index (χ4n) is 2.45. The third-order valence-electron chi connectivity index (χ3n) is 4.05. The molecular formula is C20H24ClN3O2. The number of carbonyl (C=O) groups excluding carboxylic acids is 2. The number of carbonyl (C=O) groups is 2. The van der Waals surface area contributed by atoms with E-state index >= 15 is 0 Å². The zero-order valence-corrected chi connectivity index (χ0v) is 15.9. The number of hydrogen-bond acceptors (Lipinski definition) is 3. The lowest BCUT2D eigenvalue weighted by Gasteiger charge is -2.16. The SMILES string of the molecule is CCCCN(C)C(=O)c1cc(C(=O)NCCc2ccc(Cl)cc2)ccn1. The molecule has 0 saturated carbocycles. The van der Waals surface area contributed by atoms with Crippen molar-refractivity contribution in [3.05, 3.63) is 64.4 Å². The standard InChI is InChI=1S/C20H24ClN3O2/c1-3-4-13-24(2)20(26)18-14-16(10-12-22-18)19(25)23-11-9-15-5-7-17(21)8-6-15/h5-8,10,12,14H,3-4,9,11,13H2,1-2H3,(H,23,25). The summed E-state index contributed by atoms with van der Waals surface area (Å²) in [5.41, 5.74) is 1.81. The minimum Gasteiger partial charge on any atom is -0.352 e. The van der Waals surface area contributed by atoms with Crippen LogP contribution in [0.4, 0.5) is 0 Å². The molecule has 2 rings (SSSR count). The molecule has 0 unspecified atom stereocenters. The summed E-state index contributed by atoms with van der Waals surface area (Å²) in [5, 5.41) is 3.56. The maximum atomic E-state index is 12.4. The van der Waals surface area contributed by atoms with Gasteiger partial charge in [0, 0.05) is 36.9 Å². The summed E-state index contributed by atoms with van der Waals surface area (Å²) in [4.78, 5) is 30.4. The van der Waals surface area contributed by atoms with Gasteiger partial charge in [-0.05, 0) is 42.7 Å². The van der Waals surface area contributed by atoms with E-state index in [9.17, 15) is 9.59 Å². The van der Waals surface area contributed by atoms with Crippen molar-refractivity contribution >= 4 is 23.4 Å². The molecule has 5 nitrogen and oxygen atoms in total. The highest BCUT2D eigenvalue weighted by molar-refractivity contribution is 6.30. The molecule has 138 valence electrons. The molecule has 1 N–H and O–H groups in total. The third-order valence-corrected chi connectivity index (χ3v) is 4.30. The summed E-state index contributed by atoms with van der Waals surface area (Å²) >= 11 is 5.86. The Kier molecular flexibility index (Phi) is 7.60. The molecular weight excluding hydrogens is 350 g/mol. The minimum absolute atomic E-state index is 0.172. The highest BCUT2D eigenvalue weighted by Gasteiger charge is 2.15. The Morgan fingerprint density at radius 2 is 1.92 bits per heavy atom. The van der Waals surface area contributed by atoms with Crippen LogP contribution in [0.2, 0.25) is 5.02 Å². The molecule has 0 aliphatic heterocycles. The second kappa shape index (κ2) is 9.92. The van der Waals surface area contributed by atoms with Gasteiger partial charge in [-0.2, -0.15) is 0 Å². The fraction of sp³-hybridized carbons (Fsp3) is 0.350. The number of nitrogens with one attached hydrogen (secondary N) is 1. The maximum Gasteiger partial charge on any atom is 0.272 e. The number of halogens is 1. The number of pyridine rings is 1. The van der Waals surface area contributed by atoms with Gasteiger partial charge in [0.2, 0.25) is 0 Å². The molecule has 1 aromatic carbocycles. The highest BCUT2D eigenvalue weighted by Crippen LogP contribution is 2.10. The lowest BCUT2D eigenvalue weighted by molar-refractivity contribution is 0.0787. The average molecular weight is 374 g/mol. The van der Waals surface area contributed by atoms with Crippen molar-refractivity contribution in [3.8, 4) is 0 Å². The fourth-order valence-corrected chi connectivity index (χ4v) is 2.58. The van der Waals surface area contributed by atoms with Crippen LogP contribution >= 0.6 is 11.6 Å². The average Bonchev–Trinajstić information content (AvgIpc) is 2.67. The topological polar surface area (TPSA) is 62.3 Å². The van der Waals surface area contributed by atoms with E-state index < -0.39 is 0 Å². The van der Waals surface area contributed by atoms with Gasteiger partial charge in [-0.15, -0.1) is 0 Å². The number of rotatable bonds is 8. The molecule has 0 spiro atoms. The van der Waals surface area contributed by atoms with Gasteiger partial charge in [-0.3, -0.25) is 14.6 Å². The zero-order valence-electron chi connectivity index (χ0n) is 15.2. The molecule has 0 aliphatic rings. The van der Waals surface area contributed by atoms with E-state index in [2.05, 4.69) is 17.2 Å². The Hall–Kier alpha value is -2.40. The van der Waals surface area contributed by atoms with Crippen molar-refractivity contribution in [1.82, 2.24) is 15.2 Å². The summed E-state index contributed by atoms with van der Waals surface area (Å²) in [6.45, 7) is 3.25. The van der Waals surface area contributed by atoms with Gasteiger partial charge in [0.25, 0.3) is 11.8 Å². The quantitative estimate of drug-likeness (QED) is 0.769. The Morgan fingerprint density at radius 1 is 1.19 bits per heavy atom. The summed E-state index contributed by atoms with van der Waals surface area (Å²) in [6.07, 6.45) is 4.16. The van der Waals surface area contributed by atoms with Crippen molar-refractivity contribution in [1.29, 1.82) is 0 Å². The van der Waals surface area contributed by atoms with Crippen LogP contribution in [0.5, 0.6) is 0 Å². The third kappa shape index (κ3) is 5.85. The normalized spacial score (nSPS) is 10.4. The van der Waals surface area contributed by atoms with Crippen molar-refractivity contribution in [2.24, 2.45) is 0 Å². The van der Waals surface area contributed by atoms with E-state index in [0.29, 0.717) is 30.1 Å². The van der Waals surface area contributed by atoms with Crippen LogP contribution in [-0.2, 0) is 6.42 Å². The Morgan fingerprint density at radius 3 is 2.62 bits per heavy atom. The van der Waals surface area contributed by atoms with E-state index in [0.717, 1.165) is 18.4 Å². The summed E-state index contributed by atoms with van der Waals surface area (Å²) < 4.78 is 0. The maximum absolute atomic E-state index is 12.4. The summed E-state index contributed by atoms with van der Waals surface area (Å²) in [7, 11) is 1.75. The first-order chi connectivity index (χ1) is 12.5. The first-order valence-electron chi connectivity index (χ1n) is 8.75. The van der Waals surface area contributed by atoms with Gasteiger partial charge >= 0.3 is 0 Å². The molecule has 0 atom stereocenters. The Bertz CT molecular complexity index is 747. The number of hydrogen-bond donors (Lipinski definition) is 1. The first kappa shape index (κ1) is 19.9. The van der Waals surface area contributed by atoms with Gasteiger partial charge in [0.1, 0.15) is 5.69 Å². The van der Waals surface area contributed by atoms with Gasteiger partial charge in [0.15, 0.2) is 0 Å². The number of amides is 2. The first-order valence-corrected chi connectivity index (χ1v) is 9.13. The van der Waals surface area contributed by atoms with E-state index in [-0.39, 0.29) is 17.5 Å². The smallest absolute Gasteiger partial charge is 0.272 e. The zero-order chi connectivity index (χ0) is 18.9. The van der Waals surface area contributed by atoms with Crippen LogP contribution in [-0.4, -0.2) is 41.8 Å². The van der Waals surface area contributed by atoms with Gasteiger partial charge in [0.05, 0.1) is 0 Å². The van der Waals surface area contributed by atoms with Crippen LogP contribution in [0.25, 0.3) is 0 Å². The van der Waals surface area contributed by atoms with Crippen molar-refractivity contribution in [3.63, 3.8) is 0 Å². The minimum atomic E-state index is -0.216. The highest BCUT2D eigenvalue weighted by atomic mass is 35.5. The molecule has 1 aromatic heterocycles. The van der Waals surface area contributed by atoms with Crippen molar-refractivity contribution in [2.45, 2.75) is 26.2 Å². The summed E-state index contributed by atoms with van der Waals surface area (Å²) in [6, 6.07) is 10.7. The largest absolute Gasteiger partial charge is 0.352 e. The van der Waals surface area contributed by atoms with Crippen LogP contribution in [0.3, 0.4) is 0 Å². The second-order valence-electron chi connectivity index (χ2n) is 6.14. The monoisotopic (exact) mass is 373 g/mol. The second-order valence-corrected chi connectivity index (χ2v) is 6.58. The van der Waals surface area contributed by atoms with Crippen LogP contribution < -0.4 is 5.32 Å². The summed E-state index contributed by atoms with van der Waals surface area (Å²) in [5.74, 6) is -0.388. The molecule has 0 bridgehead atoms. The van der Waals surface area contributed by atoms with Crippen LogP contribution in [0.15, 0.2) is 42.6 Å². The number of nitrogens with zero attached hydrogens (tertiary/aromatic N) is 2. The number of unbranched alkanes of at least 4 members (excludes halogenated alkanes) is 1. The Balaban J connectivity index is 1.92. The van der Waals surface area contributed by atoms with Crippen molar-refractivity contribution in [2.75, 3.05) is 20.1 Å². The van der Waals surface area contributed by atoms with E-state index in [4.69, 9.17) is 11.6 Å². The lowest BCUT2D eigenvalue weighted by atomic mass is 10.1. The number of benzene rings is 1. The molecule has 0 radical (unpaired) electrons. The molecule has 0 saturated heterocycles. The molecule has 6 heteroatoms. The Labute approximate surface area is 159 Å². The lowest BCUT2D eigenvalue weighted by Crippen LogP contribution is -2.29. The van der Waals surface area contributed by atoms with Crippen LogP contribution in [0.1, 0.15) is 46.2 Å². The van der Waals surface area contributed by atoms with Gasteiger partial charge in [-0.25, -0.2) is 0 Å². The van der Waals surface area contributed by atoms with E-state index in [1.54, 1.807) is 24.1 Å². The molecule has 1 heterocycles. The van der Waals surface area contributed by atoms with Gasteiger partial charge in [-0.1, -0.05) is 37.1 Å². The molecule has 2 amide bonds. The van der Waals surface area contributed by atoms with Crippen molar-refractivity contribution < 1.29 is 9.59 Å². The molecule has 0 fully saturated rings. The predicted octanol–water partition coefficient (Wildman–Crippen LogP) is 3.58. The number of aromatic nitrogens is 1. The van der Waals surface area contributed by atoms with E-state index in [1.807, 2.05) is 24.3 Å². The molecule has 0 aliphatic carbocycles. The van der Waals surface area contributed by atoms with E-state index in [1.165, 1.54) is 6.20 Å².